The molecule has 1 atom stereocenters. The molecule has 23 heavy (non-hydrogen) atoms. The third kappa shape index (κ3) is 3.33. The SMILES string of the molecule is CC(Cc1ccc(C2(C)CC2)cc1)CN1CCC2(C1)C[S+]([O-])C2. The highest BCUT2D eigenvalue weighted by Crippen LogP contribution is 2.47. The first-order valence-corrected chi connectivity index (χ1v) is 10.6. The summed E-state index contributed by atoms with van der Waals surface area (Å²) >= 11 is -0.512. The van der Waals surface area contributed by atoms with Crippen LogP contribution in [0.5, 0.6) is 0 Å². The Balaban J connectivity index is 1.28. The quantitative estimate of drug-likeness (QED) is 0.773. The lowest BCUT2D eigenvalue weighted by molar-refractivity contribution is 0.249. The van der Waals surface area contributed by atoms with Crippen molar-refractivity contribution in [3.05, 3.63) is 35.4 Å². The standard InChI is InChI=1S/C20H29NOS/c1-16(12-21-10-9-20(13-21)14-23(22)15-20)11-17-3-5-18(6-4-17)19(2)7-8-19/h3-6,16H,7-15H2,1-2H3. The van der Waals surface area contributed by atoms with Crippen LogP contribution in [0.3, 0.4) is 0 Å². The Morgan fingerprint density at radius 1 is 1.17 bits per heavy atom. The zero-order valence-electron chi connectivity index (χ0n) is 14.5. The van der Waals surface area contributed by atoms with Gasteiger partial charge in [0.25, 0.3) is 0 Å². The van der Waals surface area contributed by atoms with Crippen molar-refractivity contribution in [2.45, 2.75) is 44.9 Å². The summed E-state index contributed by atoms with van der Waals surface area (Å²) in [4.78, 5) is 2.61. The van der Waals surface area contributed by atoms with E-state index in [1.54, 1.807) is 0 Å². The van der Waals surface area contributed by atoms with Crippen LogP contribution in [0.1, 0.15) is 44.2 Å². The van der Waals surface area contributed by atoms with Crippen molar-refractivity contribution >= 4 is 11.2 Å². The van der Waals surface area contributed by atoms with Crippen LogP contribution in [0.4, 0.5) is 0 Å². The fourth-order valence-corrected chi connectivity index (χ4v) is 6.24. The minimum atomic E-state index is -0.512. The maximum atomic E-state index is 11.4. The summed E-state index contributed by atoms with van der Waals surface area (Å²) in [6.45, 7) is 8.33. The number of benzene rings is 1. The summed E-state index contributed by atoms with van der Waals surface area (Å²) in [7, 11) is 0. The van der Waals surface area contributed by atoms with E-state index in [4.69, 9.17) is 0 Å². The topological polar surface area (TPSA) is 26.3 Å². The van der Waals surface area contributed by atoms with Gasteiger partial charge in [0.2, 0.25) is 0 Å². The lowest BCUT2D eigenvalue weighted by atomic mass is 9.91. The highest BCUT2D eigenvalue weighted by atomic mass is 32.2. The second-order valence-corrected chi connectivity index (χ2v) is 10.2. The summed E-state index contributed by atoms with van der Waals surface area (Å²) in [5.41, 5.74) is 3.90. The molecule has 0 radical (unpaired) electrons. The van der Waals surface area contributed by atoms with Gasteiger partial charge in [0.15, 0.2) is 0 Å². The molecule has 4 rings (SSSR count). The molecule has 3 heteroatoms. The van der Waals surface area contributed by atoms with Gasteiger partial charge in [-0.25, -0.2) is 0 Å². The van der Waals surface area contributed by atoms with E-state index in [9.17, 15) is 4.55 Å². The van der Waals surface area contributed by atoms with E-state index in [1.165, 1.54) is 56.4 Å². The van der Waals surface area contributed by atoms with Crippen LogP contribution in [-0.4, -0.2) is 40.6 Å². The number of hydrogen-bond acceptors (Lipinski definition) is 2. The molecule has 3 aliphatic rings. The van der Waals surface area contributed by atoms with Gasteiger partial charge in [-0.15, -0.1) is 0 Å². The molecule has 126 valence electrons. The maximum Gasteiger partial charge on any atom is 0.117 e. The van der Waals surface area contributed by atoms with Crippen molar-refractivity contribution in [1.29, 1.82) is 0 Å². The first kappa shape index (κ1) is 16.0. The van der Waals surface area contributed by atoms with Crippen LogP contribution < -0.4 is 0 Å². The van der Waals surface area contributed by atoms with Gasteiger partial charge in [-0.05, 0) is 54.7 Å². The van der Waals surface area contributed by atoms with Gasteiger partial charge in [0.05, 0.1) is 5.41 Å². The molecule has 1 aromatic rings. The Morgan fingerprint density at radius 2 is 1.87 bits per heavy atom. The molecule has 1 aliphatic carbocycles. The van der Waals surface area contributed by atoms with Crippen LogP contribution in [-0.2, 0) is 23.0 Å². The molecule has 1 saturated carbocycles. The molecule has 0 bridgehead atoms. The third-order valence-corrected chi connectivity index (χ3v) is 8.13. The summed E-state index contributed by atoms with van der Waals surface area (Å²) in [6.07, 6.45) is 5.14. The van der Waals surface area contributed by atoms with E-state index in [0.29, 0.717) is 16.7 Å². The molecule has 2 aliphatic heterocycles. The van der Waals surface area contributed by atoms with Crippen molar-refractivity contribution in [3.8, 4) is 0 Å². The number of likely N-dealkylation sites (tertiary alicyclic amines) is 1. The fourth-order valence-electron chi connectivity index (χ4n) is 4.49. The zero-order chi connectivity index (χ0) is 16.1. The first-order chi connectivity index (χ1) is 11.0. The molecular weight excluding hydrogens is 302 g/mol. The normalized spacial score (nSPS) is 33.6. The van der Waals surface area contributed by atoms with Crippen molar-refractivity contribution in [2.24, 2.45) is 11.3 Å². The summed E-state index contributed by atoms with van der Waals surface area (Å²) < 4.78 is 11.4. The monoisotopic (exact) mass is 331 g/mol. The van der Waals surface area contributed by atoms with E-state index in [0.717, 1.165) is 11.5 Å². The molecule has 3 fully saturated rings. The minimum absolute atomic E-state index is 0.423. The lowest BCUT2D eigenvalue weighted by Crippen LogP contribution is -2.50. The molecule has 1 unspecified atom stereocenters. The van der Waals surface area contributed by atoms with Gasteiger partial charge in [0.1, 0.15) is 11.5 Å². The highest BCUT2D eigenvalue weighted by molar-refractivity contribution is 7.92. The van der Waals surface area contributed by atoms with Crippen LogP contribution in [0.25, 0.3) is 0 Å². The summed E-state index contributed by atoms with van der Waals surface area (Å²) in [6, 6.07) is 9.39. The van der Waals surface area contributed by atoms with E-state index < -0.39 is 11.2 Å². The van der Waals surface area contributed by atoms with Gasteiger partial charge in [-0.2, -0.15) is 0 Å². The molecule has 2 nitrogen and oxygen atoms in total. The van der Waals surface area contributed by atoms with Gasteiger partial charge < -0.3 is 9.45 Å². The Morgan fingerprint density at radius 3 is 2.48 bits per heavy atom. The predicted molar refractivity (Wildman–Crippen MR) is 97.3 cm³/mol. The van der Waals surface area contributed by atoms with Gasteiger partial charge in [-0.1, -0.05) is 49.3 Å². The summed E-state index contributed by atoms with van der Waals surface area (Å²) in [5, 5.41) is 0. The zero-order valence-corrected chi connectivity index (χ0v) is 15.3. The second-order valence-electron chi connectivity index (χ2n) is 8.78. The molecule has 2 heterocycles. The molecule has 0 amide bonds. The van der Waals surface area contributed by atoms with E-state index in [1.807, 2.05) is 0 Å². The Kier molecular flexibility index (Phi) is 4.02. The lowest BCUT2D eigenvalue weighted by Gasteiger charge is -2.39. The van der Waals surface area contributed by atoms with Gasteiger partial charge in [-0.3, -0.25) is 0 Å². The van der Waals surface area contributed by atoms with Gasteiger partial charge in [0, 0.05) is 13.1 Å². The fraction of sp³-hybridized carbons (Fsp3) is 0.700. The molecule has 0 N–H and O–H groups in total. The number of nitrogens with zero attached hydrogens (tertiary/aromatic N) is 1. The molecule has 2 saturated heterocycles. The Labute approximate surface area is 143 Å². The largest absolute Gasteiger partial charge is 0.616 e. The summed E-state index contributed by atoms with van der Waals surface area (Å²) in [5.74, 6) is 2.61. The predicted octanol–water partition coefficient (Wildman–Crippen LogP) is 3.37. The van der Waals surface area contributed by atoms with Gasteiger partial charge >= 0.3 is 0 Å². The van der Waals surface area contributed by atoms with Crippen LogP contribution >= 0.6 is 0 Å². The average Bonchev–Trinajstić information content (AvgIpc) is 3.10. The van der Waals surface area contributed by atoms with Crippen LogP contribution in [0.15, 0.2) is 24.3 Å². The highest BCUT2D eigenvalue weighted by Gasteiger charge is 2.52. The van der Waals surface area contributed by atoms with Crippen LogP contribution in [0.2, 0.25) is 0 Å². The van der Waals surface area contributed by atoms with E-state index in [2.05, 4.69) is 43.0 Å². The molecule has 1 spiro atoms. The van der Waals surface area contributed by atoms with Crippen molar-refractivity contribution in [2.75, 3.05) is 31.1 Å². The molecule has 0 aromatic heterocycles. The average molecular weight is 332 g/mol. The van der Waals surface area contributed by atoms with Crippen molar-refractivity contribution in [3.63, 3.8) is 0 Å². The number of rotatable bonds is 5. The van der Waals surface area contributed by atoms with E-state index in [-0.39, 0.29) is 0 Å². The van der Waals surface area contributed by atoms with Crippen molar-refractivity contribution < 1.29 is 4.55 Å². The van der Waals surface area contributed by atoms with Crippen LogP contribution in [0, 0.1) is 11.3 Å². The Hall–Kier alpha value is -0.510. The number of hydrogen-bond donors (Lipinski definition) is 0. The maximum absolute atomic E-state index is 11.4. The van der Waals surface area contributed by atoms with E-state index >= 15 is 0 Å². The Bertz CT molecular complexity index is 560. The smallest absolute Gasteiger partial charge is 0.117 e. The molecule has 1 aromatic carbocycles. The second kappa shape index (κ2) is 5.79. The van der Waals surface area contributed by atoms with Crippen molar-refractivity contribution in [1.82, 2.24) is 4.90 Å². The molecular formula is C20H29NOS. The first-order valence-electron chi connectivity index (χ1n) is 9.13. The third-order valence-electron chi connectivity index (χ3n) is 6.26. The minimum Gasteiger partial charge on any atom is -0.616 e.